The van der Waals surface area contributed by atoms with E-state index in [4.69, 9.17) is 0 Å². The number of benzene rings is 3. The van der Waals surface area contributed by atoms with Gasteiger partial charge in [0.2, 0.25) is 0 Å². The standard InChI is InChI=1S/C21H18N4OS/c1-15-7-13-19(14-8-15)27(26)25-18-11-9-17(10-12-18)21-22-20(23-24-21)16-5-3-2-4-6-16/h2-14,25H,1H3,(H,22,23,24). The summed E-state index contributed by atoms with van der Waals surface area (Å²) in [5.41, 5.74) is 3.80. The maximum absolute atomic E-state index is 12.4. The van der Waals surface area contributed by atoms with Gasteiger partial charge in [-0.3, -0.25) is 5.10 Å². The molecule has 0 aliphatic carbocycles. The summed E-state index contributed by atoms with van der Waals surface area (Å²) >= 11 is 0. The van der Waals surface area contributed by atoms with E-state index in [-0.39, 0.29) is 0 Å². The molecule has 4 aromatic rings. The van der Waals surface area contributed by atoms with Crippen molar-refractivity contribution in [1.82, 2.24) is 15.2 Å². The Hall–Kier alpha value is -3.25. The largest absolute Gasteiger partial charge is 0.301 e. The van der Waals surface area contributed by atoms with Crippen molar-refractivity contribution in [2.45, 2.75) is 11.8 Å². The fraction of sp³-hybridized carbons (Fsp3) is 0.0476. The lowest BCUT2D eigenvalue weighted by molar-refractivity contribution is 0.686. The zero-order chi connectivity index (χ0) is 18.6. The van der Waals surface area contributed by atoms with Crippen LogP contribution in [0.2, 0.25) is 0 Å². The molecule has 4 rings (SSSR count). The second kappa shape index (κ2) is 7.55. The molecule has 0 saturated carbocycles. The molecule has 6 heteroatoms. The highest BCUT2D eigenvalue weighted by Crippen LogP contribution is 2.22. The highest BCUT2D eigenvalue weighted by atomic mass is 32.2. The van der Waals surface area contributed by atoms with Crippen molar-refractivity contribution in [3.05, 3.63) is 84.4 Å². The molecule has 0 aliphatic rings. The summed E-state index contributed by atoms with van der Waals surface area (Å²) in [5, 5.41) is 7.25. The van der Waals surface area contributed by atoms with Gasteiger partial charge in [0.05, 0.1) is 4.90 Å². The highest BCUT2D eigenvalue weighted by Gasteiger charge is 2.08. The number of aromatic nitrogens is 3. The normalized spacial score (nSPS) is 11.9. The molecule has 0 saturated heterocycles. The maximum Gasteiger partial charge on any atom is 0.181 e. The van der Waals surface area contributed by atoms with Crippen molar-refractivity contribution in [3.8, 4) is 22.8 Å². The lowest BCUT2D eigenvalue weighted by atomic mass is 10.2. The van der Waals surface area contributed by atoms with E-state index in [1.54, 1.807) is 0 Å². The third-order valence-corrected chi connectivity index (χ3v) is 5.24. The van der Waals surface area contributed by atoms with E-state index in [9.17, 15) is 4.21 Å². The van der Waals surface area contributed by atoms with Crippen LogP contribution in [0, 0.1) is 6.92 Å². The lowest BCUT2D eigenvalue weighted by Gasteiger charge is -2.07. The average molecular weight is 374 g/mol. The Bertz CT molecular complexity index is 1060. The van der Waals surface area contributed by atoms with Gasteiger partial charge in [0.25, 0.3) is 0 Å². The highest BCUT2D eigenvalue weighted by molar-refractivity contribution is 7.86. The molecule has 134 valence electrons. The van der Waals surface area contributed by atoms with E-state index in [2.05, 4.69) is 19.9 Å². The summed E-state index contributed by atoms with van der Waals surface area (Å²) in [6.07, 6.45) is 0. The van der Waals surface area contributed by atoms with Gasteiger partial charge in [0.15, 0.2) is 11.6 Å². The summed E-state index contributed by atoms with van der Waals surface area (Å²) < 4.78 is 15.4. The second-order valence-electron chi connectivity index (χ2n) is 6.13. The van der Waals surface area contributed by atoms with Crippen LogP contribution in [0.1, 0.15) is 5.56 Å². The Kier molecular flexibility index (Phi) is 4.80. The average Bonchev–Trinajstić information content (AvgIpc) is 3.20. The number of anilines is 1. The van der Waals surface area contributed by atoms with Gasteiger partial charge >= 0.3 is 0 Å². The number of nitrogens with zero attached hydrogens (tertiary/aromatic N) is 2. The van der Waals surface area contributed by atoms with E-state index in [1.165, 1.54) is 0 Å². The molecular weight excluding hydrogens is 356 g/mol. The molecule has 1 unspecified atom stereocenters. The molecule has 0 radical (unpaired) electrons. The van der Waals surface area contributed by atoms with Crippen LogP contribution in [0.15, 0.2) is 83.8 Å². The molecule has 0 spiro atoms. The van der Waals surface area contributed by atoms with Gasteiger partial charge in [-0.15, -0.1) is 0 Å². The van der Waals surface area contributed by atoms with E-state index in [0.717, 1.165) is 27.3 Å². The molecule has 1 aromatic heterocycles. The fourth-order valence-corrected chi connectivity index (χ4v) is 3.48. The number of hydrogen-bond acceptors (Lipinski definition) is 3. The molecule has 1 heterocycles. The number of aryl methyl sites for hydroxylation is 1. The van der Waals surface area contributed by atoms with Gasteiger partial charge in [0.1, 0.15) is 11.0 Å². The minimum Gasteiger partial charge on any atom is -0.301 e. The van der Waals surface area contributed by atoms with Gasteiger partial charge in [0, 0.05) is 16.8 Å². The Morgan fingerprint density at radius 3 is 2.26 bits per heavy atom. The quantitative estimate of drug-likeness (QED) is 0.537. The number of aromatic amines is 1. The zero-order valence-corrected chi connectivity index (χ0v) is 15.5. The number of nitrogens with one attached hydrogen (secondary N) is 2. The minimum absolute atomic E-state index is 0.660. The molecule has 3 aromatic carbocycles. The van der Waals surface area contributed by atoms with Crippen LogP contribution >= 0.6 is 0 Å². The van der Waals surface area contributed by atoms with Crippen molar-refractivity contribution in [1.29, 1.82) is 0 Å². The Balaban J connectivity index is 1.48. The van der Waals surface area contributed by atoms with Gasteiger partial charge < -0.3 is 4.72 Å². The third kappa shape index (κ3) is 3.96. The van der Waals surface area contributed by atoms with Gasteiger partial charge in [-0.2, -0.15) is 5.10 Å². The first kappa shape index (κ1) is 17.2. The minimum atomic E-state index is -1.30. The summed E-state index contributed by atoms with van der Waals surface area (Å²) in [6.45, 7) is 2.01. The van der Waals surface area contributed by atoms with Crippen LogP contribution in [0.4, 0.5) is 5.69 Å². The Morgan fingerprint density at radius 1 is 0.852 bits per heavy atom. The van der Waals surface area contributed by atoms with E-state index < -0.39 is 11.0 Å². The first-order chi connectivity index (χ1) is 13.2. The molecule has 1 atom stereocenters. The van der Waals surface area contributed by atoms with E-state index in [0.29, 0.717) is 11.6 Å². The van der Waals surface area contributed by atoms with Gasteiger partial charge in [-0.05, 0) is 43.3 Å². The van der Waals surface area contributed by atoms with Crippen LogP contribution in [0.5, 0.6) is 0 Å². The third-order valence-electron chi connectivity index (χ3n) is 4.12. The summed E-state index contributed by atoms with van der Waals surface area (Å²) in [4.78, 5) is 5.29. The topological polar surface area (TPSA) is 70.7 Å². The van der Waals surface area contributed by atoms with E-state index in [1.807, 2.05) is 85.8 Å². The van der Waals surface area contributed by atoms with Crippen LogP contribution in [0.3, 0.4) is 0 Å². The molecule has 2 N–H and O–H groups in total. The molecule has 5 nitrogen and oxygen atoms in total. The summed E-state index contributed by atoms with van der Waals surface area (Å²) in [5.74, 6) is 1.35. The van der Waals surface area contributed by atoms with Crippen molar-refractivity contribution < 1.29 is 4.21 Å². The molecule has 0 fully saturated rings. The number of hydrogen-bond donors (Lipinski definition) is 2. The smallest absolute Gasteiger partial charge is 0.181 e. The molecular formula is C21H18N4OS. The van der Waals surface area contributed by atoms with Crippen LogP contribution in [-0.4, -0.2) is 19.4 Å². The molecule has 0 bridgehead atoms. The van der Waals surface area contributed by atoms with E-state index >= 15 is 0 Å². The zero-order valence-electron chi connectivity index (χ0n) is 14.7. The second-order valence-corrected chi connectivity index (χ2v) is 7.35. The number of rotatable bonds is 5. The predicted molar refractivity (Wildman–Crippen MR) is 108 cm³/mol. The first-order valence-electron chi connectivity index (χ1n) is 8.52. The SMILES string of the molecule is Cc1ccc(S(=O)Nc2ccc(-c3nc(-c4ccccc4)n[nH]3)cc2)cc1. The fourth-order valence-electron chi connectivity index (χ4n) is 2.63. The lowest BCUT2D eigenvalue weighted by Crippen LogP contribution is -2.04. The van der Waals surface area contributed by atoms with Crippen LogP contribution < -0.4 is 4.72 Å². The van der Waals surface area contributed by atoms with Crippen molar-refractivity contribution in [3.63, 3.8) is 0 Å². The van der Waals surface area contributed by atoms with Crippen LogP contribution in [-0.2, 0) is 11.0 Å². The van der Waals surface area contributed by atoms with Crippen molar-refractivity contribution >= 4 is 16.7 Å². The Morgan fingerprint density at radius 2 is 1.56 bits per heavy atom. The summed E-state index contributed by atoms with van der Waals surface area (Å²) in [6, 6.07) is 25.1. The maximum atomic E-state index is 12.4. The van der Waals surface area contributed by atoms with Crippen molar-refractivity contribution in [2.75, 3.05) is 4.72 Å². The molecule has 0 aliphatic heterocycles. The first-order valence-corrected chi connectivity index (χ1v) is 9.67. The molecule has 0 amide bonds. The van der Waals surface area contributed by atoms with Crippen molar-refractivity contribution in [2.24, 2.45) is 0 Å². The van der Waals surface area contributed by atoms with Gasteiger partial charge in [-0.25, -0.2) is 9.19 Å². The van der Waals surface area contributed by atoms with Gasteiger partial charge in [-0.1, -0.05) is 48.0 Å². The Labute approximate surface area is 160 Å². The summed E-state index contributed by atoms with van der Waals surface area (Å²) in [7, 11) is -1.30. The monoisotopic (exact) mass is 374 g/mol. The predicted octanol–water partition coefficient (Wildman–Crippen LogP) is 4.58. The van der Waals surface area contributed by atoms with Crippen LogP contribution in [0.25, 0.3) is 22.8 Å². The number of H-pyrrole nitrogens is 1. The molecule has 27 heavy (non-hydrogen) atoms.